The third-order valence-corrected chi connectivity index (χ3v) is 3.22. The second kappa shape index (κ2) is 6.33. The summed E-state index contributed by atoms with van der Waals surface area (Å²) in [5, 5.41) is 3.54. The minimum atomic E-state index is -0.140. The van der Waals surface area contributed by atoms with Gasteiger partial charge in [-0.05, 0) is 63.3 Å². The molecule has 0 heterocycles. The lowest BCUT2D eigenvalue weighted by Crippen LogP contribution is -2.40. The molecule has 0 radical (unpaired) electrons. The lowest BCUT2D eigenvalue weighted by Gasteiger charge is -2.27. The van der Waals surface area contributed by atoms with Gasteiger partial charge in [0.15, 0.2) is 0 Å². The molecule has 0 aliphatic rings. The third-order valence-electron chi connectivity index (χ3n) is 3.22. The molecule has 0 saturated carbocycles. The highest BCUT2D eigenvalue weighted by molar-refractivity contribution is 5.17. The van der Waals surface area contributed by atoms with Gasteiger partial charge < -0.3 is 5.32 Å². The van der Waals surface area contributed by atoms with Gasteiger partial charge in [-0.15, -0.1) is 0 Å². The van der Waals surface area contributed by atoms with Crippen LogP contribution in [0, 0.1) is 17.7 Å². The van der Waals surface area contributed by atoms with E-state index in [-0.39, 0.29) is 11.4 Å². The summed E-state index contributed by atoms with van der Waals surface area (Å²) in [6, 6.07) is 6.95. The minimum absolute atomic E-state index is 0.134. The molecule has 1 unspecified atom stereocenters. The number of hydrogen-bond acceptors (Lipinski definition) is 1. The van der Waals surface area contributed by atoms with Gasteiger partial charge in [0, 0.05) is 5.54 Å². The van der Waals surface area contributed by atoms with E-state index >= 15 is 0 Å². The molecule has 1 atom stereocenters. The van der Waals surface area contributed by atoms with Gasteiger partial charge in [0.05, 0.1) is 0 Å². The molecule has 0 fully saturated rings. The van der Waals surface area contributed by atoms with E-state index in [1.807, 2.05) is 6.07 Å². The summed E-state index contributed by atoms with van der Waals surface area (Å²) < 4.78 is 13.2. The van der Waals surface area contributed by atoms with Crippen molar-refractivity contribution in [1.82, 2.24) is 5.32 Å². The maximum Gasteiger partial charge on any atom is 0.123 e. The first kappa shape index (κ1) is 15.2. The molecule has 2 heteroatoms. The van der Waals surface area contributed by atoms with E-state index in [4.69, 9.17) is 0 Å². The maximum absolute atomic E-state index is 13.2. The first-order valence-corrected chi connectivity index (χ1v) is 6.77. The lowest BCUT2D eigenvalue weighted by atomic mass is 9.88. The quantitative estimate of drug-likeness (QED) is 0.833. The van der Waals surface area contributed by atoms with Gasteiger partial charge >= 0.3 is 0 Å². The van der Waals surface area contributed by atoms with E-state index in [2.05, 4.69) is 39.9 Å². The molecule has 0 spiro atoms. The van der Waals surface area contributed by atoms with Crippen molar-refractivity contribution in [1.29, 1.82) is 0 Å². The number of nitrogens with one attached hydrogen (secondary N) is 1. The Bertz CT molecular complexity index is 366. The second-order valence-corrected chi connectivity index (χ2v) is 6.47. The fourth-order valence-electron chi connectivity index (χ4n) is 1.95. The van der Waals surface area contributed by atoms with Gasteiger partial charge in [0.25, 0.3) is 0 Å². The minimum Gasteiger partial charge on any atom is -0.312 e. The van der Waals surface area contributed by atoms with Crippen molar-refractivity contribution in [2.75, 3.05) is 6.54 Å². The molecule has 0 amide bonds. The van der Waals surface area contributed by atoms with E-state index in [1.54, 1.807) is 12.1 Å². The molecule has 0 aliphatic carbocycles. The van der Waals surface area contributed by atoms with Crippen LogP contribution in [0.2, 0.25) is 0 Å². The average Bonchev–Trinajstić information content (AvgIpc) is 2.22. The normalized spacial score (nSPS) is 13.9. The first-order chi connectivity index (χ1) is 8.28. The molecule has 18 heavy (non-hydrogen) atoms. The van der Waals surface area contributed by atoms with E-state index < -0.39 is 0 Å². The molecule has 0 aromatic heterocycles. The topological polar surface area (TPSA) is 12.0 Å². The van der Waals surface area contributed by atoms with E-state index in [0.717, 1.165) is 18.5 Å². The van der Waals surface area contributed by atoms with Crippen LogP contribution in [0.5, 0.6) is 0 Å². The molecule has 1 rings (SSSR count). The summed E-state index contributed by atoms with van der Waals surface area (Å²) in [4.78, 5) is 0. The molecule has 0 aliphatic heterocycles. The summed E-state index contributed by atoms with van der Waals surface area (Å²) in [7, 11) is 0. The molecule has 0 saturated heterocycles. The summed E-state index contributed by atoms with van der Waals surface area (Å²) in [5.74, 6) is 0.980. The Labute approximate surface area is 111 Å². The van der Waals surface area contributed by atoms with Crippen molar-refractivity contribution < 1.29 is 4.39 Å². The monoisotopic (exact) mass is 251 g/mol. The van der Waals surface area contributed by atoms with Crippen molar-refractivity contribution in [2.45, 2.75) is 46.6 Å². The fourth-order valence-corrected chi connectivity index (χ4v) is 1.95. The predicted molar refractivity (Wildman–Crippen MR) is 76.2 cm³/mol. The van der Waals surface area contributed by atoms with Crippen LogP contribution in [-0.2, 0) is 6.42 Å². The van der Waals surface area contributed by atoms with Gasteiger partial charge in [0.2, 0.25) is 0 Å². The number of halogens is 1. The average molecular weight is 251 g/mol. The third kappa shape index (κ3) is 5.63. The Hall–Kier alpha value is -0.890. The maximum atomic E-state index is 13.2. The van der Waals surface area contributed by atoms with Gasteiger partial charge in [-0.2, -0.15) is 0 Å². The molecular weight excluding hydrogens is 225 g/mol. The molecule has 1 N–H and O–H groups in total. The van der Waals surface area contributed by atoms with E-state index in [9.17, 15) is 4.39 Å². The zero-order chi connectivity index (χ0) is 13.8. The van der Waals surface area contributed by atoms with Crippen LogP contribution in [0.4, 0.5) is 4.39 Å². The van der Waals surface area contributed by atoms with Crippen molar-refractivity contribution in [3.63, 3.8) is 0 Å². The zero-order valence-corrected chi connectivity index (χ0v) is 12.3. The van der Waals surface area contributed by atoms with Gasteiger partial charge in [-0.1, -0.05) is 26.0 Å². The van der Waals surface area contributed by atoms with Crippen LogP contribution in [0.15, 0.2) is 24.3 Å². The van der Waals surface area contributed by atoms with E-state index in [1.165, 1.54) is 6.07 Å². The summed E-state index contributed by atoms with van der Waals surface area (Å²) in [5.41, 5.74) is 1.22. The second-order valence-electron chi connectivity index (χ2n) is 6.47. The molecule has 0 bridgehead atoms. The summed E-state index contributed by atoms with van der Waals surface area (Å²) >= 11 is 0. The molecule has 1 nitrogen and oxygen atoms in total. The van der Waals surface area contributed by atoms with Crippen LogP contribution >= 0.6 is 0 Å². The van der Waals surface area contributed by atoms with E-state index in [0.29, 0.717) is 11.8 Å². The number of benzene rings is 1. The highest BCUT2D eigenvalue weighted by Gasteiger charge is 2.17. The number of hydrogen-bond donors (Lipinski definition) is 1. The fraction of sp³-hybridized carbons (Fsp3) is 0.625. The highest BCUT2D eigenvalue weighted by atomic mass is 19.1. The van der Waals surface area contributed by atoms with Crippen molar-refractivity contribution in [3.05, 3.63) is 35.6 Å². The Morgan fingerprint density at radius 2 is 1.89 bits per heavy atom. The predicted octanol–water partition coefficient (Wildman–Crippen LogP) is 4.03. The molecular formula is C16H26FN. The van der Waals surface area contributed by atoms with Crippen LogP contribution in [0.3, 0.4) is 0 Å². The molecule has 1 aromatic rings. The van der Waals surface area contributed by atoms with Crippen LogP contribution in [0.25, 0.3) is 0 Å². The number of rotatable bonds is 5. The zero-order valence-electron chi connectivity index (χ0n) is 12.3. The van der Waals surface area contributed by atoms with Crippen molar-refractivity contribution in [2.24, 2.45) is 11.8 Å². The standard InChI is InChI=1S/C16H26FN/c1-12(2)14(11-18-16(3,4)5)9-13-7-6-8-15(17)10-13/h6-8,10,12,14,18H,9,11H2,1-5H3. The van der Waals surface area contributed by atoms with Crippen LogP contribution in [0.1, 0.15) is 40.2 Å². The largest absolute Gasteiger partial charge is 0.312 e. The van der Waals surface area contributed by atoms with Gasteiger partial charge in [-0.25, -0.2) is 4.39 Å². The van der Waals surface area contributed by atoms with Crippen molar-refractivity contribution >= 4 is 0 Å². The lowest BCUT2D eigenvalue weighted by molar-refractivity contribution is 0.312. The Kier molecular flexibility index (Phi) is 5.33. The molecule has 1 aromatic carbocycles. The van der Waals surface area contributed by atoms with Gasteiger partial charge in [0.1, 0.15) is 5.82 Å². The summed E-state index contributed by atoms with van der Waals surface area (Å²) in [6.45, 7) is 12.0. The Morgan fingerprint density at radius 3 is 2.39 bits per heavy atom. The highest BCUT2D eigenvalue weighted by Crippen LogP contribution is 2.18. The smallest absolute Gasteiger partial charge is 0.123 e. The Morgan fingerprint density at radius 1 is 1.22 bits per heavy atom. The van der Waals surface area contributed by atoms with Crippen molar-refractivity contribution in [3.8, 4) is 0 Å². The summed E-state index contributed by atoms with van der Waals surface area (Å²) in [6.07, 6.45) is 0.929. The molecule has 102 valence electrons. The Balaban J connectivity index is 2.63. The van der Waals surface area contributed by atoms with Gasteiger partial charge in [-0.3, -0.25) is 0 Å². The van der Waals surface area contributed by atoms with Crippen LogP contribution < -0.4 is 5.32 Å². The SMILES string of the molecule is CC(C)C(CNC(C)(C)C)Cc1cccc(F)c1. The van der Waals surface area contributed by atoms with Crippen LogP contribution in [-0.4, -0.2) is 12.1 Å². The first-order valence-electron chi connectivity index (χ1n) is 6.77.